The summed E-state index contributed by atoms with van der Waals surface area (Å²) in [5, 5.41) is 22.3. The van der Waals surface area contributed by atoms with E-state index >= 15 is 0 Å². The van der Waals surface area contributed by atoms with Crippen molar-refractivity contribution in [2.24, 2.45) is 0 Å². The molecular weight excluding hydrogens is 310 g/mol. The molecule has 0 radical (unpaired) electrons. The third-order valence-electron chi connectivity index (χ3n) is 4.74. The van der Waals surface area contributed by atoms with E-state index in [2.05, 4.69) is 5.32 Å². The average Bonchev–Trinajstić information content (AvgIpc) is 3.00. The molecule has 2 aliphatic rings. The zero-order valence-electron chi connectivity index (χ0n) is 13.8. The first kappa shape index (κ1) is 16.7. The predicted octanol–water partition coefficient (Wildman–Crippen LogP) is 0.484. The van der Waals surface area contributed by atoms with E-state index in [4.69, 9.17) is 0 Å². The van der Waals surface area contributed by atoms with Gasteiger partial charge in [-0.1, -0.05) is 6.07 Å². The molecule has 1 atom stereocenters. The number of anilines is 1. The van der Waals surface area contributed by atoms with E-state index in [1.54, 1.807) is 21.9 Å². The van der Waals surface area contributed by atoms with Crippen LogP contribution in [-0.2, 0) is 0 Å². The van der Waals surface area contributed by atoms with Crippen molar-refractivity contribution >= 4 is 17.6 Å². The van der Waals surface area contributed by atoms with Crippen LogP contribution in [0.1, 0.15) is 28.8 Å². The van der Waals surface area contributed by atoms with Crippen molar-refractivity contribution in [1.29, 1.82) is 0 Å². The minimum atomic E-state index is -1.23. The van der Waals surface area contributed by atoms with Gasteiger partial charge in [0.05, 0.1) is 13.2 Å². The second-order valence-electron chi connectivity index (χ2n) is 6.60. The van der Waals surface area contributed by atoms with Crippen molar-refractivity contribution in [2.45, 2.75) is 25.4 Å². The summed E-state index contributed by atoms with van der Waals surface area (Å²) in [5.74, 6) is -0.192. The van der Waals surface area contributed by atoms with Crippen LogP contribution in [0.4, 0.5) is 10.5 Å². The molecule has 7 nitrogen and oxygen atoms in total. The molecule has 3 amide bonds. The van der Waals surface area contributed by atoms with Crippen molar-refractivity contribution in [3.05, 3.63) is 29.3 Å². The summed E-state index contributed by atoms with van der Waals surface area (Å²) in [6.45, 7) is 3.38. The summed E-state index contributed by atoms with van der Waals surface area (Å²) in [6, 6.07) is 5.14. The number of nitrogens with zero attached hydrogens (tertiary/aromatic N) is 2. The highest BCUT2D eigenvalue weighted by molar-refractivity contribution is 5.99. The Balaban J connectivity index is 1.84. The van der Waals surface area contributed by atoms with Gasteiger partial charge in [-0.15, -0.1) is 0 Å². The molecule has 2 fully saturated rings. The van der Waals surface area contributed by atoms with Crippen LogP contribution in [0.2, 0.25) is 0 Å². The van der Waals surface area contributed by atoms with Crippen molar-refractivity contribution in [2.75, 3.05) is 37.7 Å². The number of nitrogens with one attached hydrogen (secondary N) is 1. The predicted molar refractivity (Wildman–Crippen MR) is 89.1 cm³/mol. The lowest BCUT2D eigenvalue weighted by molar-refractivity contribution is -0.0598. The van der Waals surface area contributed by atoms with Crippen LogP contribution >= 0.6 is 0 Å². The maximum atomic E-state index is 12.8. The van der Waals surface area contributed by atoms with Gasteiger partial charge < -0.3 is 20.4 Å². The van der Waals surface area contributed by atoms with E-state index in [1.807, 2.05) is 13.0 Å². The zero-order valence-corrected chi connectivity index (χ0v) is 13.8. The highest BCUT2D eigenvalue weighted by Crippen LogP contribution is 2.26. The fraction of sp³-hybridized carbons (Fsp3) is 0.529. The number of amides is 3. The minimum absolute atomic E-state index is 0.121. The van der Waals surface area contributed by atoms with Crippen LogP contribution < -0.4 is 10.2 Å². The molecule has 0 bridgehead atoms. The van der Waals surface area contributed by atoms with Crippen molar-refractivity contribution in [1.82, 2.24) is 10.2 Å². The fourth-order valence-corrected chi connectivity index (χ4v) is 3.33. The number of carbonyl (C=O) groups is 2. The van der Waals surface area contributed by atoms with Gasteiger partial charge in [-0.3, -0.25) is 9.69 Å². The third-order valence-corrected chi connectivity index (χ3v) is 4.74. The minimum Gasteiger partial charge on any atom is -0.393 e. The largest absolute Gasteiger partial charge is 0.393 e. The van der Waals surface area contributed by atoms with Gasteiger partial charge in [0.15, 0.2) is 0 Å². The van der Waals surface area contributed by atoms with Gasteiger partial charge in [0.25, 0.3) is 5.91 Å². The van der Waals surface area contributed by atoms with E-state index < -0.39 is 5.60 Å². The molecule has 0 saturated carbocycles. The first-order valence-electron chi connectivity index (χ1n) is 8.22. The number of aliphatic hydroxyl groups is 2. The average molecular weight is 333 g/mol. The Kier molecular flexibility index (Phi) is 4.47. The van der Waals surface area contributed by atoms with Crippen LogP contribution in [0.5, 0.6) is 0 Å². The maximum absolute atomic E-state index is 12.8. The number of piperidine rings is 1. The quantitative estimate of drug-likeness (QED) is 0.750. The van der Waals surface area contributed by atoms with Crippen LogP contribution in [0.3, 0.4) is 0 Å². The topological polar surface area (TPSA) is 93.1 Å². The van der Waals surface area contributed by atoms with Gasteiger partial charge in [0.2, 0.25) is 0 Å². The number of aliphatic hydroxyl groups excluding tert-OH is 1. The lowest BCUT2D eigenvalue weighted by Crippen LogP contribution is -2.52. The van der Waals surface area contributed by atoms with Crippen molar-refractivity contribution in [3.63, 3.8) is 0 Å². The maximum Gasteiger partial charge on any atom is 0.322 e. The molecule has 3 rings (SSSR count). The Morgan fingerprint density at radius 2 is 2.17 bits per heavy atom. The Bertz CT molecular complexity index is 663. The smallest absolute Gasteiger partial charge is 0.322 e. The molecule has 7 heteroatoms. The van der Waals surface area contributed by atoms with Crippen molar-refractivity contribution < 1.29 is 19.8 Å². The summed E-state index contributed by atoms with van der Waals surface area (Å²) < 4.78 is 0. The van der Waals surface area contributed by atoms with Gasteiger partial charge in [-0.25, -0.2) is 4.79 Å². The van der Waals surface area contributed by atoms with Gasteiger partial charge in [0.1, 0.15) is 5.60 Å². The molecule has 130 valence electrons. The highest BCUT2D eigenvalue weighted by atomic mass is 16.3. The number of benzene rings is 1. The summed E-state index contributed by atoms with van der Waals surface area (Å²) >= 11 is 0. The number of hydrogen-bond acceptors (Lipinski definition) is 4. The van der Waals surface area contributed by atoms with E-state index in [-0.39, 0.29) is 25.1 Å². The normalized spacial score (nSPS) is 24.2. The van der Waals surface area contributed by atoms with Crippen LogP contribution in [0.15, 0.2) is 18.2 Å². The molecule has 3 N–H and O–H groups in total. The molecular formula is C17H23N3O4. The fourth-order valence-electron chi connectivity index (χ4n) is 3.33. The Labute approximate surface area is 140 Å². The monoisotopic (exact) mass is 333 g/mol. The molecule has 2 saturated heterocycles. The number of aryl methyl sites for hydroxylation is 1. The molecule has 0 aliphatic carbocycles. The highest BCUT2D eigenvalue weighted by Gasteiger charge is 2.35. The van der Waals surface area contributed by atoms with Gasteiger partial charge in [0, 0.05) is 30.9 Å². The number of urea groups is 1. The van der Waals surface area contributed by atoms with Crippen LogP contribution in [-0.4, -0.2) is 65.4 Å². The first-order valence-corrected chi connectivity index (χ1v) is 8.22. The molecule has 1 aromatic carbocycles. The number of hydrogen-bond donors (Lipinski definition) is 3. The standard InChI is InChI=1S/C17H23N3O4/c1-12-3-4-13(9-14(12)20-8-6-18-16(20)23)15(22)19-7-2-5-17(24,10-19)11-21/h3-4,9,21,24H,2,5-8,10-11H2,1H3,(H,18,23). The van der Waals surface area contributed by atoms with Gasteiger partial charge >= 0.3 is 6.03 Å². The summed E-state index contributed by atoms with van der Waals surface area (Å²) in [4.78, 5) is 27.9. The molecule has 0 aromatic heterocycles. The van der Waals surface area contributed by atoms with Crippen LogP contribution in [0, 0.1) is 6.92 Å². The molecule has 1 aromatic rings. The third kappa shape index (κ3) is 3.09. The second-order valence-corrected chi connectivity index (χ2v) is 6.60. The molecule has 0 spiro atoms. The van der Waals surface area contributed by atoms with E-state index in [0.717, 1.165) is 11.3 Å². The van der Waals surface area contributed by atoms with E-state index in [0.29, 0.717) is 38.0 Å². The zero-order chi connectivity index (χ0) is 17.3. The lowest BCUT2D eigenvalue weighted by Gasteiger charge is -2.38. The van der Waals surface area contributed by atoms with E-state index in [1.165, 1.54) is 0 Å². The number of carbonyl (C=O) groups excluding carboxylic acids is 2. The summed E-state index contributed by atoms with van der Waals surface area (Å²) in [5.41, 5.74) is 0.910. The Morgan fingerprint density at radius 1 is 1.38 bits per heavy atom. The van der Waals surface area contributed by atoms with Gasteiger partial charge in [-0.05, 0) is 37.5 Å². The van der Waals surface area contributed by atoms with Gasteiger partial charge in [-0.2, -0.15) is 0 Å². The first-order chi connectivity index (χ1) is 11.4. The van der Waals surface area contributed by atoms with Crippen LogP contribution in [0.25, 0.3) is 0 Å². The molecule has 1 unspecified atom stereocenters. The summed E-state index contributed by atoms with van der Waals surface area (Å²) in [6.07, 6.45) is 1.14. The molecule has 24 heavy (non-hydrogen) atoms. The molecule has 2 heterocycles. The summed E-state index contributed by atoms with van der Waals surface area (Å²) in [7, 11) is 0. The Hall–Kier alpha value is -2.12. The number of β-amino-alcohol motifs (C(OH)–C–C–N with tert-alkyl or cyclic N) is 1. The lowest BCUT2D eigenvalue weighted by atomic mass is 9.93. The number of rotatable bonds is 3. The molecule has 2 aliphatic heterocycles. The SMILES string of the molecule is Cc1ccc(C(=O)N2CCCC(O)(CO)C2)cc1N1CCNC1=O. The second kappa shape index (κ2) is 6.41. The Morgan fingerprint density at radius 3 is 2.83 bits per heavy atom. The van der Waals surface area contributed by atoms with Crippen molar-refractivity contribution in [3.8, 4) is 0 Å². The number of likely N-dealkylation sites (tertiary alicyclic amines) is 1. The van der Waals surface area contributed by atoms with E-state index in [9.17, 15) is 19.8 Å².